The first-order valence-corrected chi connectivity index (χ1v) is 21.9. The van der Waals surface area contributed by atoms with Crippen molar-refractivity contribution in [2.24, 2.45) is 0 Å². The molecule has 0 radical (unpaired) electrons. The molecule has 0 aliphatic rings. The minimum atomic E-state index is 0.580. The fourth-order valence-corrected chi connectivity index (χ4v) is 10.5. The molecule has 0 N–H and O–H groups in total. The van der Waals surface area contributed by atoms with Gasteiger partial charge in [0.05, 0.1) is 16.7 Å². The lowest BCUT2D eigenvalue weighted by Crippen LogP contribution is -2.00. The molecule has 0 amide bonds. The molecule has 5 nitrogen and oxygen atoms in total. The van der Waals surface area contributed by atoms with Crippen molar-refractivity contribution >= 4 is 75.3 Å². The fraction of sp³-hybridized carbons (Fsp3) is 0. The summed E-state index contributed by atoms with van der Waals surface area (Å²) in [4.78, 5) is 15.9. The lowest BCUT2D eigenvalue weighted by molar-refractivity contribution is 0.669. The summed E-state index contributed by atoms with van der Waals surface area (Å²) in [7, 11) is 0. The molecule has 13 aromatic rings. The maximum Gasteiger partial charge on any atom is 0.164 e. The van der Waals surface area contributed by atoms with E-state index >= 15 is 0 Å². The minimum absolute atomic E-state index is 0.580. The van der Waals surface area contributed by atoms with E-state index in [0.29, 0.717) is 17.5 Å². The number of furan rings is 1. The third-order valence-corrected chi connectivity index (χ3v) is 13.5. The van der Waals surface area contributed by atoms with E-state index in [1.807, 2.05) is 18.2 Å². The van der Waals surface area contributed by atoms with Gasteiger partial charge in [-0.1, -0.05) is 152 Å². The van der Waals surface area contributed by atoms with E-state index < -0.39 is 0 Å². The fourth-order valence-electron chi connectivity index (χ4n) is 9.42. The summed E-state index contributed by atoms with van der Waals surface area (Å²) in [6.45, 7) is 0. The molecule has 63 heavy (non-hydrogen) atoms. The highest BCUT2D eigenvalue weighted by Gasteiger charge is 2.23. The summed E-state index contributed by atoms with van der Waals surface area (Å²) in [5.74, 6) is 1.80. The van der Waals surface area contributed by atoms with Crippen molar-refractivity contribution in [1.82, 2.24) is 19.5 Å². The highest BCUT2D eigenvalue weighted by atomic mass is 32.1. The number of hydrogen-bond donors (Lipinski definition) is 0. The second kappa shape index (κ2) is 14.2. The van der Waals surface area contributed by atoms with Crippen LogP contribution in [0.3, 0.4) is 0 Å². The van der Waals surface area contributed by atoms with Crippen LogP contribution < -0.4 is 0 Å². The molecule has 0 atom stereocenters. The summed E-state index contributed by atoms with van der Waals surface area (Å²) < 4.78 is 11.6. The van der Waals surface area contributed by atoms with Gasteiger partial charge in [-0.2, -0.15) is 0 Å². The van der Waals surface area contributed by atoms with Crippen LogP contribution in [-0.4, -0.2) is 19.5 Å². The maximum absolute atomic E-state index is 6.74. The van der Waals surface area contributed by atoms with Crippen LogP contribution in [0.1, 0.15) is 0 Å². The van der Waals surface area contributed by atoms with E-state index in [2.05, 4.69) is 193 Å². The predicted molar refractivity (Wildman–Crippen MR) is 262 cm³/mol. The third-order valence-electron chi connectivity index (χ3n) is 12.3. The van der Waals surface area contributed by atoms with Crippen LogP contribution in [0.2, 0.25) is 0 Å². The number of hydrogen-bond acceptors (Lipinski definition) is 5. The van der Waals surface area contributed by atoms with Crippen LogP contribution in [0.15, 0.2) is 211 Å². The van der Waals surface area contributed by atoms with Crippen molar-refractivity contribution < 1.29 is 4.42 Å². The molecule has 0 spiro atoms. The highest BCUT2D eigenvalue weighted by Crippen LogP contribution is 2.44. The average Bonchev–Trinajstić information content (AvgIpc) is 4.04. The SMILES string of the molecule is c1ccc(-c2ccc(-c3nc(-c4ccc5sc6ccccc6c5c4)nc(-c4cccc5oc6cccc(-c7ccccc7-n7c8ccccc8c8ccccc87)c6c45)n3)cc2)cc1. The molecule has 0 aliphatic heterocycles. The second-order valence-electron chi connectivity index (χ2n) is 15.9. The molecule has 0 fully saturated rings. The summed E-state index contributed by atoms with van der Waals surface area (Å²) >= 11 is 1.80. The Morgan fingerprint density at radius 2 is 0.873 bits per heavy atom. The summed E-state index contributed by atoms with van der Waals surface area (Å²) in [5, 5.41) is 6.84. The number of rotatable bonds is 6. The number of benzene rings is 9. The average molecular weight is 823 g/mol. The molecular weight excluding hydrogens is 789 g/mol. The van der Waals surface area contributed by atoms with E-state index in [4.69, 9.17) is 19.4 Å². The number of fused-ring (bicyclic) bond motifs is 9. The van der Waals surface area contributed by atoms with Gasteiger partial charge in [0.15, 0.2) is 17.5 Å². The number of thiophene rings is 1. The zero-order chi connectivity index (χ0) is 41.4. The zero-order valence-electron chi connectivity index (χ0n) is 33.7. The third kappa shape index (κ3) is 5.73. The van der Waals surface area contributed by atoms with Gasteiger partial charge in [0.2, 0.25) is 0 Å². The molecule has 9 aromatic carbocycles. The largest absolute Gasteiger partial charge is 0.456 e. The Morgan fingerprint density at radius 1 is 0.349 bits per heavy atom. The van der Waals surface area contributed by atoms with Crippen molar-refractivity contribution in [2.45, 2.75) is 0 Å². The topological polar surface area (TPSA) is 56.7 Å². The summed E-state index contributed by atoms with van der Waals surface area (Å²) in [5.41, 5.74) is 12.1. The smallest absolute Gasteiger partial charge is 0.164 e. The Bertz CT molecular complexity index is 3860. The highest BCUT2D eigenvalue weighted by molar-refractivity contribution is 7.25. The van der Waals surface area contributed by atoms with Crippen LogP contribution in [0, 0.1) is 0 Å². The van der Waals surface area contributed by atoms with Crippen molar-refractivity contribution in [1.29, 1.82) is 0 Å². The van der Waals surface area contributed by atoms with E-state index in [1.54, 1.807) is 11.3 Å². The van der Waals surface area contributed by atoms with E-state index in [0.717, 1.165) is 77.6 Å². The summed E-state index contributed by atoms with van der Waals surface area (Å²) in [6.07, 6.45) is 0. The van der Waals surface area contributed by atoms with Gasteiger partial charge < -0.3 is 8.98 Å². The van der Waals surface area contributed by atoms with E-state index in [-0.39, 0.29) is 0 Å². The van der Waals surface area contributed by atoms with Crippen LogP contribution in [-0.2, 0) is 0 Å². The molecule has 0 unspecified atom stereocenters. The molecule has 4 aromatic heterocycles. The molecule has 0 aliphatic carbocycles. The van der Waals surface area contributed by atoms with Gasteiger partial charge in [0, 0.05) is 64.0 Å². The van der Waals surface area contributed by atoms with Crippen molar-refractivity contribution in [2.75, 3.05) is 0 Å². The number of nitrogens with zero attached hydrogens (tertiary/aromatic N) is 4. The summed E-state index contributed by atoms with van der Waals surface area (Å²) in [6, 6.07) is 72.6. The molecule has 4 heterocycles. The Balaban J connectivity index is 1.04. The first-order chi connectivity index (χ1) is 31.2. The monoisotopic (exact) mass is 822 g/mol. The Kier molecular flexibility index (Phi) is 8.01. The molecule has 0 saturated carbocycles. The zero-order valence-corrected chi connectivity index (χ0v) is 34.6. The molecule has 294 valence electrons. The quantitative estimate of drug-likeness (QED) is 0.168. The van der Waals surface area contributed by atoms with Gasteiger partial charge in [0.1, 0.15) is 11.2 Å². The molecule has 6 heteroatoms. The van der Waals surface area contributed by atoms with Crippen LogP contribution in [0.4, 0.5) is 0 Å². The Morgan fingerprint density at radius 3 is 1.63 bits per heavy atom. The first-order valence-electron chi connectivity index (χ1n) is 21.1. The Hall–Kier alpha value is -8.19. The number of aromatic nitrogens is 4. The van der Waals surface area contributed by atoms with Gasteiger partial charge in [-0.15, -0.1) is 11.3 Å². The van der Waals surface area contributed by atoms with Crippen molar-refractivity contribution in [3.63, 3.8) is 0 Å². The van der Waals surface area contributed by atoms with Gasteiger partial charge in [-0.3, -0.25) is 0 Å². The lowest BCUT2D eigenvalue weighted by atomic mass is 9.95. The van der Waals surface area contributed by atoms with Gasteiger partial charge >= 0.3 is 0 Å². The van der Waals surface area contributed by atoms with Gasteiger partial charge in [-0.05, 0) is 71.3 Å². The van der Waals surface area contributed by atoms with E-state index in [1.165, 1.54) is 30.9 Å². The maximum atomic E-state index is 6.74. The van der Waals surface area contributed by atoms with Gasteiger partial charge in [-0.25, -0.2) is 15.0 Å². The first kappa shape index (κ1) is 35.6. The molecule has 0 saturated heterocycles. The van der Waals surface area contributed by atoms with Gasteiger partial charge in [0.25, 0.3) is 0 Å². The molecular formula is C57H34N4OS. The lowest BCUT2D eigenvalue weighted by Gasteiger charge is -2.15. The number of para-hydroxylation sites is 3. The normalized spacial score (nSPS) is 11.8. The standard InChI is InChI=1S/C57H34N4OS/c1-2-14-35(15-3-1)36-28-30-37(31-29-36)55-58-56(38-32-33-52-45(34-38)42-19-7-11-27-51(42)63-52)60-57(59-55)44-21-13-26-50-54(44)53-43(20-12-25-49(53)62-50)41-18-6-10-24-48(41)61-46-22-8-4-16-39(46)40-17-5-9-23-47(40)61/h1-34H. The van der Waals surface area contributed by atoms with Crippen molar-refractivity contribution in [3.8, 4) is 62.1 Å². The van der Waals surface area contributed by atoms with Crippen LogP contribution in [0.5, 0.6) is 0 Å². The Labute approximate surface area is 365 Å². The van der Waals surface area contributed by atoms with Crippen LogP contribution in [0.25, 0.3) is 126 Å². The van der Waals surface area contributed by atoms with E-state index in [9.17, 15) is 0 Å². The predicted octanol–water partition coefficient (Wildman–Crippen LogP) is 15.6. The second-order valence-corrected chi connectivity index (χ2v) is 17.0. The van der Waals surface area contributed by atoms with Crippen LogP contribution >= 0.6 is 11.3 Å². The molecule has 13 rings (SSSR count). The minimum Gasteiger partial charge on any atom is -0.456 e. The van der Waals surface area contributed by atoms with Crippen molar-refractivity contribution in [3.05, 3.63) is 206 Å². The molecule has 0 bridgehead atoms.